The van der Waals surface area contributed by atoms with E-state index >= 15 is 0 Å². The molecule has 0 radical (unpaired) electrons. The van der Waals surface area contributed by atoms with Crippen LogP contribution in [0.15, 0.2) is 17.6 Å². The van der Waals surface area contributed by atoms with Gasteiger partial charge in [0.2, 0.25) is 0 Å². The molecule has 0 saturated heterocycles. The summed E-state index contributed by atoms with van der Waals surface area (Å²) in [7, 11) is 0. The summed E-state index contributed by atoms with van der Waals surface area (Å²) in [5, 5.41) is 0.803. The maximum Gasteiger partial charge on any atom is 0.164 e. The maximum atomic E-state index is 4.13. The molecule has 9 heavy (non-hydrogen) atoms. The zero-order chi connectivity index (χ0) is 6.69. The first-order chi connectivity index (χ1) is 4.34. The van der Waals surface area contributed by atoms with Crippen molar-refractivity contribution >= 4 is 12.6 Å². The average Bonchev–Trinajstić information content (AvgIpc) is 2.18. The Morgan fingerprint density at radius 1 is 1.78 bits per heavy atom. The predicted octanol–water partition coefficient (Wildman–Crippen LogP) is 1.58. The first kappa shape index (κ1) is 6.68. The normalized spacial score (nSPS) is 10.0. The highest BCUT2D eigenvalue weighted by Crippen LogP contribution is 2.02. The molecule has 0 aliphatic heterocycles. The lowest BCUT2D eigenvalue weighted by molar-refractivity contribution is 0.622. The van der Waals surface area contributed by atoms with E-state index in [0.29, 0.717) is 0 Å². The lowest BCUT2D eigenvalue weighted by Gasteiger charge is -1.98. The van der Waals surface area contributed by atoms with Crippen molar-refractivity contribution in [1.29, 1.82) is 0 Å². The maximum absolute atomic E-state index is 4.13. The molecule has 0 aromatic carbocycles. The summed E-state index contributed by atoms with van der Waals surface area (Å²) in [5.74, 6) is 0. The van der Waals surface area contributed by atoms with Crippen molar-refractivity contribution in [2.24, 2.45) is 0 Å². The van der Waals surface area contributed by atoms with Gasteiger partial charge in [0.1, 0.15) is 0 Å². The molecule has 0 amide bonds. The van der Waals surface area contributed by atoms with Crippen LogP contribution in [0.3, 0.4) is 0 Å². The van der Waals surface area contributed by atoms with Crippen LogP contribution in [0.25, 0.3) is 0 Å². The summed E-state index contributed by atoms with van der Waals surface area (Å²) in [4.78, 5) is 3.96. The van der Waals surface area contributed by atoms with E-state index in [1.807, 2.05) is 10.8 Å². The highest BCUT2D eigenvalue weighted by atomic mass is 32.1. The van der Waals surface area contributed by atoms with Gasteiger partial charge >= 0.3 is 0 Å². The summed E-state index contributed by atoms with van der Waals surface area (Å²) in [5.41, 5.74) is 0. The first-order valence-corrected chi connectivity index (χ1v) is 3.49. The van der Waals surface area contributed by atoms with E-state index in [9.17, 15) is 0 Å². The van der Waals surface area contributed by atoms with Gasteiger partial charge in [-0.1, -0.05) is 6.92 Å². The van der Waals surface area contributed by atoms with Gasteiger partial charge in [-0.25, -0.2) is 4.98 Å². The summed E-state index contributed by atoms with van der Waals surface area (Å²) in [6.07, 6.45) is 4.83. The number of thiol groups is 1. The second-order valence-corrected chi connectivity index (χ2v) is 2.32. The summed E-state index contributed by atoms with van der Waals surface area (Å²) in [6.45, 7) is 3.14. The molecular weight excluding hydrogens is 132 g/mol. The van der Waals surface area contributed by atoms with Crippen molar-refractivity contribution in [3.63, 3.8) is 0 Å². The molecule has 0 bridgehead atoms. The van der Waals surface area contributed by atoms with Gasteiger partial charge in [-0.05, 0) is 6.42 Å². The number of rotatable bonds is 2. The monoisotopic (exact) mass is 142 g/mol. The van der Waals surface area contributed by atoms with Crippen LogP contribution < -0.4 is 0 Å². The average molecular weight is 142 g/mol. The van der Waals surface area contributed by atoms with Crippen LogP contribution in [0, 0.1) is 0 Å². The van der Waals surface area contributed by atoms with Gasteiger partial charge in [0.25, 0.3) is 0 Å². The largest absolute Gasteiger partial charge is 0.326 e. The number of imidazole rings is 1. The Hall–Kier alpha value is -0.440. The predicted molar refractivity (Wildman–Crippen MR) is 39.8 cm³/mol. The smallest absolute Gasteiger partial charge is 0.164 e. The molecule has 50 valence electrons. The van der Waals surface area contributed by atoms with Gasteiger partial charge < -0.3 is 4.57 Å². The van der Waals surface area contributed by atoms with Crippen LogP contribution in [-0.2, 0) is 6.54 Å². The van der Waals surface area contributed by atoms with Gasteiger partial charge in [0, 0.05) is 18.9 Å². The number of aromatic nitrogens is 2. The molecule has 0 unspecified atom stereocenters. The molecule has 3 heteroatoms. The van der Waals surface area contributed by atoms with E-state index in [2.05, 4.69) is 24.5 Å². The number of aryl methyl sites for hydroxylation is 1. The zero-order valence-electron chi connectivity index (χ0n) is 5.41. The van der Waals surface area contributed by atoms with Crippen LogP contribution >= 0.6 is 12.6 Å². The fourth-order valence-electron chi connectivity index (χ4n) is 0.737. The second-order valence-electron chi connectivity index (χ2n) is 1.92. The van der Waals surface area contributed by atoms with Gasteiger partial charge in [-0.2, -0.15) is 0 Å². The molecule has 0 atom stereocenters. The third-order valence-corrected chi connectivity index (χ3v) is 1.53. The van der Waals surface area contributed by atoms with Crippen molar-refractivity contribution in [2.45, 2.75) is 25.0 Å². The second kappa shape index (κ2) is 2.92. The van der Waals surface area contributed by atoms with Crippen LogP contribution in [0.4, 0.5) is 0 Å². The number of nitrogens with zero attached hydrogens (tertiary/aromatic N) is 2. The lowest BCUT2D eigenvalue weighted by Crippen LogP contribution is -1.94. The summed E-state index contributed by atoms with van der Waals surface area (Å²) in [6, 6.07) is 0. The standard InChI is InChI=1S/C6H10N2S/c1-2-4-8-5-3-7-6(8)9/h3,5H,2,4H2,1H3,(H,7,9). The quantitative estimate of drug-likeness (QED) is 0.621. The Kier molecular flexibility index (Phi) is 2.16. The van der Waals surface area contributed by atoms with Crippen LogP contribution in [0.2, 0.25) is 0 Å². The number of hydrogen-bond acceptors (Lipinski definition) is 2. The highest BCUT2D eigenvalue weighted by Gasteiger charge is 1.92. The molecule has 1 aromatic heterocycles. The molecular formula is C6H10N2S. The van der Waals surface area contributed by atoms with Crippen molar-refractivity contribution < 1.29 is 0 Å². The van der Waals surface area contributed by atoms with E-state index < -0.39 is 0 Å². The first-order valence-electron chi connectivity index (χ1n) is 3.04. The molecule has 0 aliphatic rings. The fraction of sp³-hybridized carbons (Fsp3) is 0.500. The Balaban J connectivity index is 2.69. The van der Waals surface area contributed by atoms with Crippen molar-refractivity contribution in [2.75, 3.05) is 0 Å². The van der Waals surface area contributed by atoms with E-state index in [-0.39, 0.29) is 0 Å². The zero-order valence-corrected chi connectivity index (χ0v) is 6.30. The molecule has 1 heterocycles. The van der Waals surface area contributed by atoms with E-state index in [1.165, 1.54) is 0 Å². The van der Waals surface area contributed by atoms with Crippen molar-refractivity contribution in [1.82, 2.24) is 9.55 Å². The minimum atomic E-state index is 0.803. The van der Waals surface area contributed by atoms with E-state index in [4.69, 9.17) is 0 Å². The van der Waals surface area contributed by atoms with E-state index in [1.54, 1.807) is 6.20 Å². The van der Waals surface area contributed by atoms with Gasteiger partial charge in [-0.3, -0.25) is 0 Å². The molecule has 0 spiro atoms. The minimum absolute atomic E-state index is 0.803. The Bertz CT molecular complexity index is 183. The SMILES string of the molecule is CCCn1ccnc1S. The number of hydrogen-bond donors (Lipinski definition) is 1. The van der Waals surface area contributed by atoms with Gasteiger partial charge in [-0.15, -0.1) is 12.6 Å². The molecule has 0 saturated carbocycles. The molecule has 1 aromatic rings. The van der Waals surface area contributed by atoms with Crippen molar-refractivity contribution in [3.8, 4) is 0 Å². The van der Waals surface area contributed by atoms with Gasteiger partial charge in [0.05, 0.1) is 0 Å². The third-order valence-electron chi connectivity index (χ3n) is 1.16. The molecule has 0 aliphatic carbocycles. The molecule has 1 rings (SSSR count). The fourth-order valence-corrected chi connectivity index (χ4v) is 0.970. The molecule has 0 N–H and O–H groups in total. The Morgan fingerprint density at radius 2 is 2.56 bits per heavy atom. The summed E-state index contributed by atoms with van der Waals surface area (Å²) < 4.78 is 2.02. The highest BCUT2D eigenvalue weighted by molar-refractivity contribution is 7.80. The third kappa shape index (κ3) is 1.48. The topological polar surface area (TPSA) is 17.8 Å². The molecule has 2 nitrogen and oxygen atoms in total. The van der Waals surface area contributed by atoms with E-state index in [0.717, 1.165) is 18.1 Å². The minimum Gasteiger partial charge on any atom is -0.326 e. The Morgan fingerprint density at radius 3 is 3.00 bits per heavy atom. The van der Waals surface area contributed by atoms with Crippen LogP contribution in [0.1, 0.15) is 13.3 Å². The van der Waals surface area contributed by atoms with Crippen LogP contribution in [-0.4, -0.2) is 9.55 Å². The van der Waals surface area contributed by atoms with Gasteiger partial charge in [0.15, 0.2) is 5.16 Å². The Labute approximate surface area is 60.3 Å². The lowest BCUT2D eigenvalue weighted by atomic mass is 10.5. The molecule has 0 fully saturated rings. The van der Waals surface area contributed by atoms with Crippen molar-refractivity contribution in [3.05, 3.63) is 12.4 Å². The summed E-state index contributed by atoms with van der Waals surface area (Å²) >= 11 is 4.13. The van der Waals surface area contributed by atoms with Crippen LogP contribution in [0.5, 0.6) is 0 Å².